The zero-order chi connectivity index (χ0) is 11.3. The molecular weight excluding hydrogens is 194 g/mol. The van der Waals surface area contributed by atoms with E-state index < -0.39 is 5.91 Å². The van der Waals surface area contributed by atoms with Crippen LogP contribution in [0.25, 0.3) is 0 Å². The van der Waals surface area contributed by atoms with E-state index in [0.717, 1.165) is 0 Å². The number of rotatable bonds is 4. The third-order valence-electron chi connectivity index (χ3n) is 1.77. The monoisotopic (exact) mass is 205 g/mol. The van der Waals surface area contributed by atoms with E-state index in [-0.39, 0.29) is 12.2 Å². The molecule has 0 saturated carbocycles. The molecule has 1 aromatic carbocycles. The molecule has 0 atom stereocenters. The summed E-state index contributed by atoms with van der Waals surface area (Å²) in [6.45, 7) is 1.34. The molecule has 1 rings (SSSR count). The normalized spacial score (nSPS) is 9.40. The summed E-state index contributed by atoms with van der Waals surface area (Å²) in [4.78, 5) is 32.5. The third-order valence-corrected chi connectivity index (χ3v) is 1.77. The minimum atomic E-state index is -0.406. The number of aldehydes is 1. The molecule has 4 nitrogen and oxygen atoms in total. The summed E-state index contributed by atoms with van der Waals surface area (Å²) in [6, 6.07) is 6.61. The highest BCUT2D eigenvalue weighted by Gasteiger charge is 2.07. The lowest BCUT2D eigenvalue weighted by atomic mass is 10.2. The lowest BCUT2D eigenvalue weighted by Gasteiger charge is -2.05. The molecule has 0 aliphatic heterocycles. The van der Waals surface area contributed by atoms with Crippen LogP contribution in [0.15, 0.2) is 24.3 Å². The van der Waals surface area contributed by atoms with Crippen molar-refractivity contribution in [3.05, 3.63) is 29.8 Å². The van der Waals surface area contributed by atoms with Gasteiger partial charge in [0.2, 0.25) is 5.91 Å². The number of anilines is 1. The highest BCUT2D eigenvalue weighted by atomic mass is 16.2. The van der Waals surface area contributed by atoms with Crippen molar-refractivity contribution < 1.29 is 14.4 Å². The molecule has 1 N–H and O–H groups in total. The first kappa shape index (κ1) is 11.1. The molecule has 0 unspecified atom stereocenters. The van der Waals surface area contributed by atoms with Gasteiger partial charge < -0.3 is 5.32 Å². The van der Waals surface area contributed by atoms with Gasteiger partial charge in [0.25, 0.3) is 0 Å². The van der Waals surface area contributed by atoms with Crippen LogP contribution in [0, 0.1) is 0 Å². The van der Waals surface area contributed by atoms with Crippen molar-refractivity contribution in [1.29, 1.82) is 0 Å². The van der Waals surface area contributed by atoms with E-state index in [2.05, 4.69) is 5.32 Å². The average molecular weight is 205 g/mol. The van der Waals surface area contributed by atoms with Crippen LogP contribution in [0.2, 0.25) is 0 Å². The van der Waals surface area contributed by atoms with Gasteiger partial charge in [-0.05, 0) is 19.1 Å². The Balaban J connectivity index is 2.75. The van der Waals surface area contributed by atoms with E-state index in [1.807, 2.05) is 0 Å². The average Bonchev–Trinajstić information content (AvgIpc) is 2.17. The Labute approximate surface area is 87.3 Å². The standard InChI is InChI=1S/C11H11NO3/c1-8(14)6-11(15)12-10-5-3-2-4-9(10)7-13/h2-5,7H,6H2,1H3,(H,12,15). The first-order valence-electron chi connectivity index (χ1n) is 4.47. The molecule has 0 bridgehead atoms. The molecule has 4 heteroatoms. The van der Waals surface area contributed by atoms with Crippen molar-refractivity contribution in [2.75, 3.05) is 5.32 Å². The molecule has 0 heterocycles. The topological polar surface area (TPSA) is 63.2 Å². The quantitative estimate of drug-likeness (QED) is 0.597. The predicted molar refractivity (Wildman–Crippen MR) is 55.8 cm³/mol. The lowest BCUT2D eigenvalue weighted by molar-refractivity contribution is -0.124. The maximum absolute atomic E-state index is 11.2. The number of carbonyl (C=O) groups excluding carboxylic acids is 3. The fraction of sp³-hybridized carbons (Fsp3) is 0.182. The van der Waals surface area contributed by atoms with Gasteiger partial charge in [-0.1, -0.05) is 12.1 Å². The van der Waals surface area contributed by atoms with Crippen LogP contribution in [0.5, 0.6) is 0 Å². The number of carbonyl (C=O) groups is 3. The van der Waals surface area contributed by atoms with Gasteiger partial charge >= 0.3 is 0 Å². The fourth-order valence-corrected chi connectivity index (χ4v) is 1.13. The molecule has 0 fully saturated rings. The number of hydrogen-bond acceptors (Lipinski definition) is 3. The summed E-state index contributed by atoms with van der Waals surface area (Å²) >= 11 is 0. The second kappa shape index (κ2) is 5.05. The van der Waals surface area contributed by atoms with Crippen LogP contribution in [-0.2, 0) is 9.59 Å². The Morgan fingerprint density at radius 2 is 2.00 bits per heavy atom. The summed E-state index contributed by atoms with van der Waals surface area (Å²) in [5, 5.41) is 2.50. The van der Waals surface area contributed by atoms with Gasteiger partial charge in [0, 0.05) is 5.56 Å². The second-order valence-corrected chi connectivity index (χ2v) is 3.13. The third kappa shape index (κ3) is 3.34. The minimum absolute atomic E-state index is 0.173. The molecule has 0 radical (unpaired) electrons. The van der Waals surface area contributed by atoms with Crippen LogP contribution in [0.4, 0.5) is 5.69 Å². The van der Waals surface area contributed by atoms with Crippen molar-refractivity contribution in [3.63, 3.8) is 0 Å². The Hall–Kier alpha value is -1.97. The van der Waals surface area contributed by atoms with Gasteiger partial charge in [0.05, 0.1) is 12.1 Å². The van der Waals surface area contributed by atoms with Crippen molar-refractivity contribution >= 4 is 23.7 Å². The summed E-state index contributed by atoms with van der Waals surface area (Å²) < 4.78 is 0. The molecule has 0 spiro atoms. The maximum atomic E-state index is 11.2. The Bertz CT molecular complexity index is 399. The van der Waals surface area contributed by atoms with E-state index in [1.54, 1.807) is 24.3 Å². The summed E-state index contributed by atoms with van der Waals surface area (Å²) in [6.07, 6.45) is 0.483. The SMILES string of the molecule is CC(=O)CC(=O)Nc1ccccc1C=O. The summed E-state index contributed by atoms with van der Waals surface area (Å²) in [5.74, 6) is -0.618. The van der Waals surface area contributed by atoms with Crippen LogP contribution < -0.4 is 5.32 Å². The van der Waals surface area contributed by atoms with Crippen molar-refractivity contribution in [1.82, 2.24) is 0 Å². The van der Waals surface area contributed by atoms with Crippen molar-refractivity contribution in [2.45, 2.75) is 13.3 Å². The highest BCUT2D eigenvalue weighted by molar-refractivity contribution is 6.05. The number of para-hydroxylation sites is 1. The molecule has 0 aromatic heterocycles. The first-order chi connectivity index (χ1) is 7.13. The van der Waals surface area contributed by atoms with E-state index in [0.29, 0.717) is 17.5 Å². The van der Waals surface area contributed by atoms with E-state index >= 15 is 0 Å². The number of nitrogens with one attached hydrogen (secondary N) is 1. The highest BCUT2D eigenvalue weighted by Crippen LogP contribution is 2.12. The number of benzene rings is 1. The molecule has 1 aromatic rings. The van der Waals surface area contributed by atoms with Gasteiger partial charge in [-0.3, -0.25) is 14.4 Å². The molecule has 1 amide bonds. The summed E-state index contributed by atoms with van der Waals surface area (Å²) in [5.41, 5.74) is 0.827. The van der Waals surface area contributed by atoms with E-state index in [1.165, 1.54) is 6.92 Å². The van der Waals surface area contributed by atoms with Crippen LogP contribution in [-0.4, -0.2) is 18.0 Å². The predicted octanol–water partition coefficient (Wildman–Crippen LogP) is 1.42. The molecule has 78 valence electrons. The second-order valence-electron chi connectivity index (χ2n) is 3.13. The molecule has 0 aliphatic carbocycles. The zero-order valence-electron chi connectivity index (χ0n) is 8.32. The molecular formula is C11H11NO3. The minimum Gasteiger partial charge on any atom is -0.325 e. The van der Waals surface area contributed by atoms with E-state index in [9.17, 15) is 14.4 Å². The van der Waals surface area contributed by atoms with Gasteiger partial charge in [-0.25, -0.2) is 0 Å². The lowest BCUT2D eigenvalue weighted by Crippen LogP contribution is -2.15. The molecule has 0 saturated heterocycles. The summed E-state index contributed by atoms with van der Waals surface area (Å²) in [7, 11) is 0. The number of hydrogen-bond donors (Lipinski definition) is 1. The van der Waals surface area contributed by atoms with Gasteiger partial charge in [0.1, 0.15) is 5.78 Å². The van der Waals surface area contributed by atoms with Gasteiger partial charge in [-0.2, -0.15) is 0 Å². The Kier molecular flexibility index (Phi) is 3.74. The van der Waals surface area contributed by atoms with Crippen LogP contribution >= 0.6 is 0 Å². The van der Waals surface area contributed by atoms with Crippen molar-refractivity contribution in [3.8, 4) is 0 Å². The van der Waals surface area contributed by atoms with Crippen LogP contribution in [0.3, 0.4) is 0 Å². The van der Waals surface area contributed by atoms with Crippen LogP contribution in [0.1, 0.15) is 23.7 Å². The molecule has 15 heavy (non-hydrogen) atoms. The number of ketones is 1. The van der Waals surface area contributed by atoms with Gasteiger partial charge in [0.15, 0.2) is 6.29 Å². The first-order valence-corrected chi connectivity index (χ1v) is 4.47. The Morgan fingerprint density at radius 3 is 2.60 bits per heavy atom. The largest absolute Gasteiger partial charge is 0.325 e. The zero-order valence-corrected chi connectivity index (χ0v) is 8.32. The number of Topliss-reactive ketones (excluding diaryl/α,β-unsaturated/α-hetero) is 1. The van der Waals surface area contributed by atoms with E-state index in [4.69, 9.17) is 0 Å². The van der Waals surface area contributed by atoms with Crippen molar-refractivity contribution in [2.24, 2.45) is 0 Å². The van der Waals surface area contributed by atoms with Gasteiger partial charge in [-0.15, -0.1) is 0 Å². The smallest absolute Gasteiger partial charge is 0.231 e. The maximum Gasteiger partial charge on any atom is 0.231 e. The Morgan fingerprint density at radius 1 is 1.33 bits per heavy atom. The fourth-order valence-electron chi connectivity index (χ4n) is 1.13. The molecule has 0 aliphatic rings. The number of amides is 1.